The van der Waals surface area contributed by atoms with E-state index in [1.807, 2.05) is 48.5 Å². The minimum atomic E-state index is -0.163. The Kier molecular flexibility index (Phi) is 6.54. The first-order chi connectivity index (χ1) is 15.1. The first-order valence-electron chi connectivity index (χ1n) is 9.30. The molecule has 31 heavy (non-hydrogen) atoms. The number of thioether (sulfide) groups is 1. The molecular weight excluding hydrogens is 438 g/mol. The van der Waals surface area contributed by atoms with Crippen molar-refractivity contribution < 1.29 is 13.9 Å². The van der Waals surface area contributed by atoms with E-state index in [0.29, 0.717) is 33.1 Å². The van der Waals surface area contributed by atoms with Gasteiger partial charge in [0, 0.05) is 10.6 Å². The maximum Gasteiger partial charge on any atom is 0.230 e. The van der Waals surface area contributed by atoms with Gasteiger partial charge in [0.05, 0.1) is 19.4 Å². The number of hydrogen-bond donors (Lipinski definition) is 1. The molecule has 0 aliphatic rings. The molecule has 10 heteroatoms. The summed E-state index contributed by atoms with van der Waals surface area (Å²) in [5, 5.41) is 15.7. The third kappa shape index (κ3) is 5.07. The number of amides is 1. The van der Waals surface area contributed by atoms with Crippen LogP contribution in [0.5, 0.6) is 5.75 Å². The van der Waals surface area contributed by atoms with Crippen LogP contribution in [-0.4, -0.2) is 39.0 Å². The highest BCUT2D eigenvalue weighted by molar-refractivity contribution is 7.99. The van der Waals surface area contributed by atoms with E-state index in [4.69, 9.17) is 20.8 Å². The van der Waals surface area contributed by atoms with Crippen LogP contribution in [0.1, 0.15) is 5.76 Å². The van der Waals surface area contributed by atoms with Crippen molar-refractivity contribution >= 4 is 29.3 Å². The van der Waals surface area contributed by atoms with Gasteiger partial charge in [-0.3, -0.25) is 4.79 Å². The number of carbonyl (C=O) groups excluding carboxylic acids is 1. The second kappa shape index (κ2) is 9.67. The van der Waals surface area contributed by atoms with Gasteiger partial charge in [0.25, 0.3) is 0 Å². The predicted octanol–water partition coefficient (Wildman–Crippen LogP) is 3.99. The third-order valence-electron chi connectivity index (χ3n) is 4.34. The van der Waals surface area contributed by atoms with Crippen molar-refractivity contribution in [1.29, 1.82) is 0 Å². The van der Waals surface area contributed by atoms with Gasteiger partial charge in [-0.15, -0.1) is 5.10 Å². The second-order valence-electron chi connectivity index (χ2n) is 6.38. The van der Waals surface area contributed by atoms with Crippen LogP contribution in [0.2, 0.25) is 5.02 Å². The number of rotatable bonds is 8. The van der Waals surface area contributed by atoms with E-state index in [-0.39, 0.29) is 18.2 Å². The Hall–Kier alpha value is -3.30. The van der Waals surface area contributed by atoms with Gasteiger partial charge in [-0.1, -0.05) is 35.5 Å². The maximum atomic E-state index is 12.3. The van der Waals surface area contributed by atoms with Crippen LogP contribution in [0.25, 0.3) is 17.0 Å². The van der Waals surface area contributed by atoms with Crippen LogP contribution in [0.4, 0.5) is 0 Å². The molecule has 0 bridgehead atoms. The van der Waals surface area contributed by atoms with Crippen molar-refractivity contribution in [3.8, 4) is 22.8 Å². The molecule has 1 N–H and O–H groups in total. The molecule has 0 aliphatic carbocycles. The number of nitrogens with one attached hydrogen (secondary N) is 1. The number of halogens is 1. The first kappa shape index (κ1) is 21.0. The highest BCUT2D eigenvalue weighted by Gasteiger charge is 2.15. The topological polar surface area (TPSA) is 95.1 Å². The number of methoxy groups -OCH3 is 1. The van der Waals surface area contributed by atoms with E-state index in [9.17, 15) is 4.79 Å². The predicted molar refractivity (Wildman–Crippen MR) is 117 cm³/mol. The average Bonchev–Trinajstić information content (AvgIpc) is 3.46. The number of tetrazole rings is 1. The molecule has 0 saturated heterocycles. The lowest BCUT2D eigenvalue weighted by Gasteiger charge is -2.09. The Bertz CT molecular complexity index is 1180. The number of furan rings is 1. The molecule has 8 nitrogen and oxygen atoms in total. The monoisotopic (exact) mass is 455 g/mol. The molecule has 0 saturated carbocycles. The van der Waals surface area contributed by atoms with Crippen LogP contribution in [0, 0.1) is 0 Å². The van der Waals surface area contributed by atoms with Gasteiger partial charge < -0.3 is 14.5 Å². The fourth-order valence-electron chi connectivity index (χ4n) is 2.83. The van der Waals surface area contributed by atoms with Crippen molar-refractivity contribution in [2.45, 2.75) is 11.7 Å². The molecule has 2 heterocycles. The summed E-state index contributed by atoms with van der Waals surface area (Å²) in [6, 6.07) is 18.4. The molecule has 0 spiro atoms. The summed E-state index contributed by atoms with van der Waals surface area (Å²) >= 11 is 7.15. The lowest BCUT2D eigenvalue weighted by molar-refractivity contribution is -0.118. The quantitative estimate of drug-likeness (QED) is 0.401. The van der Waals surface area contributed by atoms with Gasteiger partial charge in [-0.25, -0.2) is 0 Å². The first-order valence-corrected chi connectivity index (χ1v) is 10.7. The molecule has 2 aromatic carbocycles. The molecule has 1 amide bonds. The van der Waals surface area contributed by atoms with Crippen molar-refractivity contribution in [1.82, 2.24) is 25.5 Å². The van der Waals surface area contributed by atoms with Gasteiger partial charge in [-0.2, -0.15) is 4.68 Å². The van der Waals surface area contributed by atoms with E-state index < -0.39 is 0 Å². The SMILES string of the molecule is COc1ccccc1-n1nnnc1SCC(=O)NCc1ccc(-c2ccc(Cl)cc2)o1. The Morgan fingerprint density at radius 2 is 1.97 bits per heavy atom. The van der Waals surface area contributed by atoms with Crippen molar-refractivity contribution in [2.75, 3.05) is 12.9 Å². The molecule has 0 radical (unpaired) electrons. The lowest BCUT2D eigenvalue weighted by atomic mass is 10.2. The maximum absolute atomic E-state index is 12.3. The number of carbonyl (C=O) groups is 1. The summed E-state index contributed by atoms with van der Waals surface area (Å²) in [6.45, 7) is 0.282. The minimum absolute atomic E-state index is 0.153. The third-order valence-corrected chi connectivity index (χ3v) is 5.51. The zero-order valence-corrected chi connectivity index (χ0v) is 18.1. The van der Waals surface area contributed by atoms with Crippen LogP contribution in [-0.2, 0) is 11.3 Å². The Morgan fingerprint density at radius 1 is 1.16 bits per heavy atom. The summed E-state index contributed by atoms with van der Waals surface area (Å²) in [7, 11) is 1.58. The fraction of sp³-hybridized carbons (Fsp3) is 0.143. The van der Waals surface area contributed by atoms with E-state index in [1.54, 1.807) is 23.9 Å². The zero-order valence-electron chi connectivity index (χ0n) is 16.5. The number of hydrogen-bond acceptors (Lipinski definition) is 7. The van der Waals surface area contributed by atoms with Crippen molar-refractivity contribution in [3.05, 3.63) is 71.4 Å². The summed E-state index contributed by atoms with van der Waals surface area (Å²) in [4.78, 5) is 12.3. The molecule has 0 atom stereocenters. The van der Waals surface area contributed by atoms with Crippen LogP contribution < -0.4 is 10.1 Å². The van der Waals surface area contributed by atoms with Gasteiger partial charge in [0.2, 0.25) is 11.1 Å². The molecule has 0 aliphatic heterocycles. The Labute approximate surface area is 187 Å². The van der Waals surface area contributed by atoms with E-state index in [1.165, 1.54) is 11.8 Å². The van der Waals surface area contributed by atoms with Gasteiger partial charge >= 0.3 is 0 Å². The highest BCUT2D eigenvalue weighted by Crippen LogP contribution is 2.26. The number of para-hydroxylation sites is 2. The highest BCUT2D eigenvalue weighted by atomic mass is 35.5. The normalized spacial score (nSPS) is 10.8. The number of benzene rings is 2. The number of nitrogens with zero attached hydrogens (tertiary/aromatic N) is 4. The minimum Gasteiger partial charge on any atom is -0.494 e. The van der Waals surface area contributed by atoms with Gasteiger partial charge in [0.1, 0.15) is 23.0 Å². The lowest BCUT2D eigenvalue weighted by Crippen LogP contribution is -2.24. The Balaban J connectivity index is 1.33. The summed E-state index contributed by atoms with van der Waals surface area (Å²) in [6.07, 6.45) is 0. The van der Waals surface area contributed by atoms with E-state index >= 15 is 0 Å². The molecular formula is C21H18ClN5O3S. The summed E-state index contributed by atoms with van der Waals surface area (Å²) in [5.74, 6) is 1.99. The largest absolute Gasteiger partial charge is 0.494 e. The second-order valence-corrected chi connectivity index (χ2v) is 7.76. The molecule has 4 rings (SSSR count). The van der Waals surface area contributed by atoms with Crippen LogP contribution >= 0.6 is 23.4 Å². The van der Waals surface area contributed by atoms with Crippen molar-refractivity contribution in [2.24, 2.45) is 0 Å². The van der Waals surface area contributed by atoms with Gasteiger partial charge in [-0.05, 0) is 59.0 Å². The molecule has 2 aromatic heterocycles. The summed E-state index contributed by atoms with van der Waals surface area (Å²) < 4.78 is 12.7. The average molecular weight is 456 g/mol. The molecule has 158 valence electrons. The Morgan fingerprint density at radius 3 is 2.77 bits per heavy atom. The van der Waals surface area contributed by atoms with E-state index in [0.717, 1.165) is 5.56 Å². The fourth-order valence-corrected chi connectivity index (χ4v) is 3.67. The van der Waals surface area contributed by atoms with Crippen LogP contribution in [0.3, 0.4) is 0 Å². The standard InChI is InChI=1S/C21H18ClN5O3S/c1-29-19-5-3-2-4-17(19)27-21(24-25-26-27)31-13-20(28)23-12-16-10-11-18(30-16)14-6-8-15(22)9-7-14/h2-11H,12-13H2,1H3,(H,23,28). The van der Waals surface area contributed by atoms with Gasteiger partial charge in [0.15, 0.2) is 0 Å². The van der Waals surface area contributed by atoms with E-state index in [2.05, 4.69) is 20.8 Å². The summed E-state index contributed by atoms with van der Waals surface area (Å²) in [5.41, 5.74) is 1.61. The van der Waals surface area contributed by atoms with Crippen LogP contribution in [0.15, 0.2) is 70.2 Å². The molecule has 0 unspecified atom stereocenters. The zero-order chi connectivity index (χ0) is 21.6. The number of ether oxygens (including phenoxy) is 1. The number of aromatic nitrogens is 4. The smallest absolute Gasteiger partial charge is 0.230 e. The van der Waals surface area contributed by atoms with Crippen molar-refractivity contribution in [3.63, 3.8) is 0 Å². The molecule has 4 aromatic rings. The molecule has 0 fully saturated rings.